The van der Waals surface area contributed by atoms with Crippen LogP contribution in [-0.2, 0) is 13.2 Å². The van der Waals surface area contributed by atoms with Crippen LogP contribution in [0.2, 0.25) is 0 Å². The van der Waals surface area contributed by atoms with Crippen LogP contribution in [0.15, 0.2) is 40.8 Å². The Morgan fingerprint density at radius 3 is 2.36 bits per heavy atom. The minimum atomic E-state index is -0.597. The van der Waals surface area contributed by atoms with Crippen LogP contribution in [-0.4, -0.2) is 22.9 Å². The summed E-state index contributed by atoms with van der Waals surface area (Å²) in [4.78, 5) is 0. The van der Waals surface area contributed by atoms with Gasteiger partial charge in [-0.25, -0.2) is 0 Å². The van der Waals surface area contributed by atoms with E-state index in [9.17, 15) is 5.11 Å². The molecule has 0 aliphatic rings. The first-order valence-electron chi connectivity index (χ1n) is 7.42. The maximum absolute atomic E-state index is 10.1. The lowest BCUT2D eigenvalue weighted by atomic mass is 10.1. The second-order valence-corrected chi connectivity index (χ2v) is 5.41. The molecule has 1 aromatic carbocycles. The Balaban J connectivity index is 1.80. The number of hydrogen-bond donors (Lipinski definition) is 3. The molecule has 3 N–H and O–H groups in total. The van der Waals surface area contributed by atoms with Gasteiger partial charge in [-0.1, -0.05) is 12.1 Å². The first-order chi connectivity index (χ1) is 10.6. The second kappa shape index (κ2) is 7.98. The van der Waals surface area contributed by atoms with E-state index in [1.165, 1.54) is 0 Å². The van der Waals surface area contributed by atoms with Gasteiger partial charge in [0.25, 0.3) is 0 Å². The Labute approximate surface area is 130 Å². The molecule has 0 radical (unpaired) electrons. The molecule has 22 heavy (non-hydrogen) atoms. The molecule has 1 heterocycles. The van der Waals surface area contributed by atoms with Crippen molar-refractivity contribution < 1.29 is 19.4 Å². The molecular formula is C17H23NO4. The van der Waals surface area contributed by atoms with Gasteiger partial charge >= 0.3 is 0 Å². The van der Waals surface area contributed by atoms with Crippen molar-refractivity contribution in [2.24, 2.45) is 0 Å². The zero-order valence-electron chi connectivity index (χ0n) is 13.0. The number of rotatable bonds is 8. The summed E-state index contributed by atoms with van der Waals surface area (Å²) >= 11 is 0. The molecule has 1 aromatic heterocycles. The Kier molecular flexibility index (Phi) is 6.00. The Bertz CT molecular complexity index is 562. The van der Waals surface area contributed by atoms with Gasteiger partial charge in [0, 0.05) is 6.54 Å². The lowest BCUT2D eigenvalue weighted by Crippen LogP contribution is -2.20. The molecule has 0 amide bonds. The van der Waals surface area contributed by atoms with Crippen molar-refractivity contribution in [2.75, 3.05) is 6.54 Å². The van der Waals surface area contributed by atoms with E-state index in [0.717, 1.165) is 17.1 Å². The molecule has 5 heteroatoms. The fourth-order valence-electron chi connectivity index (χ4n) is 2.09. The van der Waals surface area contributed by atoms with Crippen LogP contribution in [0.4, 0.5) is 0 Å². The van der Waals surface area contributed by atoms with Crippen LogP contribution in [0.1, 0.15) is 37.0 Å². The van der Waals surface area contributed by atoms with Crippen LogP contribution < -0.4 is 10.1 Å². The SMILES string of the molecule is CC(C)Oc1ccc(C(O)CNCc2ccc(CO)o2)cc1. The van der Waals surface area contributed by atoms with Gasteiger partial charge in [-0.05, 0) is 43.7 Å². The standard InChI is InChI=1S/C17H23NO4/c1-12(2)21-14-5-3-13(4-6-14)17(20)10-18-9-15-7-8-16(11-19)22-15/h3-8,12,17-20H,9-11H2,1-2H3. The molecule has 1 unspecified atom stereocenters. The largest absolute Gasteiger partial charge is 0.491 e. The van der Waals surface area contributed by atoms with E-state index < -0.39 is 6.10 Å². The van der Waals surface area contributed by atoms with E-state index in [2.05, 4.69) is 5.32 Å². The number of hydrogen-bond acceptors (Lipinski definition) is 5. The van der Waals surface area contributed by atoms with Crippen molar-refractivity contribution in [3.8, 4) is 5.75 Å². The monoisotopic (exact) mass is 305 g/mol. The molecule has 0 fully saturated rings. The summed E-state index contributed by atoms with van der Waals surface area (Å²) in [7, 11) is 0. The van der Waals surface area contributed by atoms with Crippen LogP contribution in [0.5, 0.6) is 5.75 Å². The fraction of sp³-hybridized carbons (Fsp3) is 0.412. The summed E-state index contributed by atoms with van der Waals surface area (Å²) in [6.45, 7) is 4.77. The normalized spacial score (nSPS) is 12.6. The molecule has 0 bridgehead atoms. The van der Waals surface area contributed by atoms with Crippen molar-refractivity contribution in [3.63, 3.8) is 0 Å². The summed E-state index contributed by atoms with van der Waals surface area (Å²) < 4.78 is 10.9. The topological polar surface area (TPSA) is 74.9 Å². The first kappa shape index (κ1) is 16.5. The number of ether oxygens (including phenoxy) is 1. The summed E-state index contributed by atoms with van der Waals surface area (Å²) in [5.74, 6) is 2.07. The summed E-state index contributed by atoms with van der Waals surface area (Å²) in [5, 5.41) is 22.2. The first-order valence-corrected chi connectivity index (χ1v) is 7.42. The van der Waals surface area contributed by atoms with Crippen molar-refractivity contribution in [1.29, 1.82) is 0 Å². The molecule has 1 atom stereocenters. The van der Waals surface area contributed by atoms with Crippen LogP contribution >= 0.6 is 0 Å². The molecule has 120 valence electrons. The number of benzene rings is 1. The third kappa shape index (κ3) is 4.87. The van der Waals surface area contributed by atoms with Gasteiger partial charge in [0.1, 0.15) is 23.9 Å². The zero-order valence-corrected chi connectivity index (χ0v) is 13.0. The molecule has 2 rings (SSSR count). The van der Waals surface area contributed by atoms with Crippen LogP contribution in [0.25, 0.3) is 0 Å². The van der Waals surface area contributed by atoms with Crippen molar-refractivity contribution in [1.82, 2.24) is 5.32 Å². The lowest BCUT2D eigenvalue weighted by molar-refractivity contribution is 0.172. The highest BCUT2D eigenvalue weighted by Gasteiger charge is 2.08. The predicted molar refractivity (Wildman–Crippen MR) is 83.5 cm³/mol. The van der Waals surface area contributed by atoms with Crippen molar-refractivity contribution in [2.45, 2.75) is 39.2 Å². The maximum atomic E-state index is 10.1. The average Bonchev–Trinajstić information content (AvgIpc) is 2.95. The van der Waals surface area contributed by atoms with Gasteiger partial charge in [-0.2, -0.15) is 0 Å². The third-order valence-corrected chi connectivity index (χ3v) is 3.15. The Morgan fingerprint density at radius 1 is 1.09 bits per heavy atom. The van der Waals surface area contributed by atoms with Gasteiger partial charge < -0.3 is 24.7 Å². The minimum absolute atomic E-state index is 0.104. The second-order valence-electron chi connectivity index (χ2n) is 5.41. The van der Waals surface area contributed by atoms with E-state index in [4.69, 9.17) is 14.3 Å². The lowest BCUT2D eigenvalue weighted by Gasteiger charge is -2.14. The Hall–Kier alpha value is -1.82. The predicted octanol–water partition coefficient (Wildman–Crippen LogP) is 2.38. The van der Waals surface area contributed by atoms with E-state index in [0.29, 0.717) is 18.8 Å². The van der Waals surface area contributed by atoms with Crippen molar-refractivity contribution in [3.05, 3.63) is 53.5 Å². The van der Waals surface area contributed by atoms with Gasteiger partial charge in [-0.3, -0.25) is 0 Å². The van der Waals surface area contributed by atoms with E-state index in [1.54, 1.807) is 6.07 Å². The zero-order chi connectivity index (χ0) is 15.9. The summed E-state index contributed by atoms with van der Waals surface area (Å²) in [6.07, 6.45) is -0.463. The van der Waals surface area contributed by atoms with Gasteiger partial charge in [0.05, 0.1) is 18.8 Å². The molecule has 0 aliphatic heterocycles. The van der Waals surface area contributed by atoms with Gasteiger partial charge in [-0.15, -0.1) is 0 Å². The number of aliphatic hydroxyl groups excluding tert-OH is 2. The highest BCUT2D eigenvalue weighted by Crippen LogP contribution is 2.18. The number of aliphatic hydroxyl groups is 2. The van der Waals surface area contributed by atoms with Crippen LogP contribution in [0.3, 0.4) is 0 Å². The molecule has 0 spiro atoms. The summed E-state index contributed by atoms with van der Waals surface area (Å²) in [6, 6.07) is 11.0. The third-order valence-electron chi connectivity index (χ3n) is 3.15. The van der Waals surface area contributed by atoms with Crippen molar-refractivity contribution >= 4 is 0 Å². The van der Waals surface area contributed by atoms with Crippen LogP contribution in [0, 0.1) is 0 Å². The highest BCUT2D eigenvalue weighted by molar-refractivity contribution is 5.28. The fourth-order valence-corrected chi connectivity index (χ4v) is 2.09. The number of furan rings is 1. The average molecular weight is 305 g/mol. The maximum Gasteiger partial charge on any atom is 0.129 e. The van der Waals surface area contributed by atoms with E-state index in [-0.39, 0.29) is 12.7 Å². The molecule has 0 saturated carbocycles. The van der Waals surface area contributed by atoms with E-state index >= 15 is 0 Å². The molecule has 2 aromatic rings. The molecule has 0 aliphatic carbocycles. The van der Waals surface area contributed by atoms with Gasteiger partial charge in [0.2, 0.25) is 0 Å². The molecule has 5 nitrogen and oxygen atoms in total. The molecular weight excluding hydrogens is 282 g/mol. The minimum Gasteiger partial charge on any atom is -0.491 e. The quantitative estimate of drug-likeness (QED) is 0.698. The molecule has 0 saturated heterocycles. The summed E-state index contributed by atoms with van der Waals surface area (Å²) in [5.41, 5.74) is 0.832. The van der Waals surface area contributed by atoms with Gasteiger partial charge in [0.15, 0.2) is 0 Å². The van der Waals surface area contributed by atoms with E-state index in [1.807, 2.05) is 44.2 Å². The Morgan fingerprint density at radius 2 is 1.77 bits per heavy atom. The smallest absolute Gasteiger partial charge is 0.129 e. The number of nitrogens with one attached hydrogen (secondary N) is 1. The highest BCUT2D eigenvalue weighted by atomic mass is 16.5.